The normalized spacial score (nSPS) is 12.6. The predicted octanol–water partition coefficient (Wildman–Crippen LogP) is 17.4. The van der Waals surface area contributed by atoms with Crippen LogP contribution in [0, 0.1) is 0 Å². The second-order valence-electron chi connectivity index (χ2n) is 19.6. The van der Waals surface area contributed by atoms with Crippen LogP contribution in [0.25, 0.3) is 134 Å². The molecule has 0 aliphatic heterocycles. The molecule has 0 unspecified atom stereocenters. The summed E-state index contributed by atoms with van der Waals surface area (Å²) >= 11 is 0. The fraction of sp³-hybridized carbons (Fsp3) is 0.0441. The summed E-state index contributed by atoms with van der Waals surface area (Å²) in [5.41, 5.74) is 18.2. The first-order chi connectivity index (χ1) is 36.4. The van der Waals surface area contributed by atoms with Gasteiger partial charge < -0.3 is 4.42 Å². The van der Waals surface area contributed by atoms with E-state index in [4.69, 9.17) is 29.3 Å². The lowest BCUT2D eigenvalue weighted by Gasteiger charge is -2.21. The number of benzene rings is 10. The van der Waals surface area contributed by atoms with Crippen molar-refractivity contribution in [2.24, 2.45) is 0 Å². The molecule has 0 atom stereocenters. The van der Waals surface area contributed by atoms with Crippen molar-refractivity contribution < 1.29 is 4.42 Å². The monoisotopic (exact) mass is 947 g/mol. The van der Waals surface area contributed by atoms with E-state index in [0.29, 0.717) is 23.3 Å². The van der Waals surface area contributed by atoms with Gasteiger partial charge in [0.15, 0.2) is 23.3 Å². The summed E-state index contributed by atoms with van der Waals surface area (Å²) in [5, 5.41) is 4.49. The first-order valence-corrected chi connectivity index (χ1v) is 25.1. The van der Waals surface area contributed by atoms with E-state index < -0.39 is 0 Å². The van der Waals surface area contributed by atoms with E-state index in [1.165, 1.54) is 27.6 Å². The van der Waals surface area contributed by atoms with Crippen LogP contribution in [-0.4, -0.2) is 24.9 Å². The van der Waals surface area contributed by atoms with E-state index in [0.717, 1.165) is 94.3 Å². The van der Waals surface area contributed by atoms with E-state index in [2.05, 4.69) is 226 Å². The van der Waals surface area contributed by atoms with Gasteiger partial charge in [0.05, 0.1) is 11.4 Å². The minimum absolute atomic E-state index is 0.174. The van der Waals surface area contributed by atoms with Gasteiger partial charge >= 0.3 is 0 Å². The second kappa shape index (κ2) is 17.3. The SMILES string of the molecule is CC1(C)c2ccccc2-c2c(-c3nc(-c4ccc(-c5ccccc5)cc4)nc(-c4cccc(-c5cccc(-c6cc(-c7ccc8oc9ccc%10ccccc%10c9c8c7)nc(-c7ccccc7)n6)c5)c4)n3)cccc21. The van der Waals surface area contributed by atoms with Crippen molar-refractivity contribution in [2.45, 2.75) is 19.3 Å². The molecule has 1 aliphatic rings. The van der Waals surface area contributed by atoms with E-state index in [-0.39, 0.29) is 5.41 Å². The van der Waals surface area contributed by atoms with Gasteiger partial charge in [0, 0.05) is 49.6 Å². The number of hydrogen-bond donors (Lipinski definition) is 0. The molecule has 0 N–H and O–H groups in total. The van der Waals surface area contributed by atoms with Crippen LogP contribution in [0.15, 0.2) is 241 Å². The van der Waals surface area contributed by atoms with Crippen molar-refractivity contribution in [3.05, 3.63) is 248 Å². The summed E-state index contributed by atoms with van der Waals surface area (Å²) in [7, 11) is 0. The van der Waals surface area contributed by atoms with Gasteiger partial charge in [-0.25, -0.2) is 24.9 Å². The second-order valence-corrected chi connectivity index (χ2v) is 19.6. The average Bonchev–Trinajstić information content (AvgIpc) is 3.97. The molecule has 0 saturated carbocycles. The number of aromatic nitrogens is 5. The topological polar surface area (TPSA) is 77.6 Å². The fourth-order valence-corrected chi connectivity index (χ4v) is 11.0. The molecular weight excluding hydrogens is 903 g/mol. The van der Waals surface area contributed by atoms with E-state index in [1.807, 2.05) is 24.3 Å². The minimum Gasteiger partial charge on any atom is -0.456 e. The van der Waals surface area contributed by atoms with Gasteiger partial charge in [0.1, 0.15) is 11.2 Å². The number of furan rings is 1. The molecule has 3 aromatic heterocycles. The Morgan fingerprint density at radius 2 is 0.811 bits per heavy atom. The number of nitrogens with zero attached hydrogens (tertiary/aromatic N) is 5. The van der Waals surface area contributed by atoms with Crippen molar-refractivity contribution in [2.75, 3.05) is 0 Å². The van der Waals surface area contributed by atoms with E-state index in [1.54, 1.807) is 0 Å². The molecule has 13 aromatic rings. The Morgan fingerprint density at radius 1 is 0.311 bits per heavy atom. The molecule has 10 aromatic carbocycles. The van der Waals surface area contributed by atoms with Gasteiger partial charge in [-0.2, -0.15) is 0 Å². The molecule has 348 valence electrons. The largest absolute Gasteiger partial charge is 0.456 e. The Bertz CT molecular complexity index is 4330. The number of rotatable bonds is 8. The summed E-state index contributed by atoms with van der Waals surface area (Å²) < 4.78 is 6.39. The molecule has 0 bridgehead atoms. The fourth-order valence-electron chi connectivity index (χ4n) is 11.0. The van der Waals surface area contributed by atoms with Crippen LogP contribution in [0.1, 0.15) is 25.0 Å². The molecule has 0 amide bonds. The quantitative estimate of drug-likeness (QED) is 0.151. The van der Waals surface area contributed by atoms with Crippen molar-refractivity contribution in [1.82, 2.24) is 24.9 Å². The minimum atomic E-state index is -0.174. The van der Waals surface area contributed by atoms with Gasteiger partial charge in [0.2, 0.25) is 0 Å². The lowest BCUT2D eigenvalue weighted by atomic mass is 9.82. The van der Waals surface area contributed by atoms with Crippen LogP contribution in [-0.2, 0) is 5.41 Å². The molecule has 0 saturated heterocycles. The predicted molar refractivity (Wildman–Crippen MR) is 301 cm³/mol. The molecule has 0 fully saturated rings. The lowest BCUT2D eigenvalue weighted by molar-refractivity contribution is 0.660. The summed E-state index contributed by atoms with van der Waals surface area (Å²) in [6.07, 6.45) is 0. The third-order valence-corrected chi connectivity index (χ3v) is 14.8. The maximum atomic E-state index is 6.39. The van der Waals surface area contributed by atoms with Crippen LogP contribution in [0.3, 0.4) is 0 Å². The third-order valence-electron chi connectivity index (χ3n) is 14.8. The molecule has 14 rings (SSSR count). The Kier molecular flexibility index (Phi) is 10.1. The average molecular weight is 948 g/mol. The first-order valence-electron chi connectivity index (χ1n) is 25.1. The molecule has 6 nitrogen and oxygen atoms in total. The third kappa shape index (κ3) is 7.38. The highest BCUT2D eigenvalue weighted by Crippen LogP contribution is 2.52. The van der Waals surface area contributed by atoms with Gasteiger partial charge in [-0.1, -0.05) is 208 Å². The highest BCUT2D eigenvalue weighted by atomic mass is 16.3. The number of fused-ring (bicyclic) bond motifs is 8. The lowest BCUT2D eigenvalue weighted by Crippen LogP contribution is -2.14. The Balaban J connectivity index is 0.879. The Morgan fingerprint density at radius 3 is 1.59 bits per heavy atom. The summed E-state index contributed by atoms with van der Waals surface area (Å²) in [5.74, 6) is 2.50. The molecule has 0 radical (unpaired) electrons. The summed E-state index contributed by atoms with van der Waals surface area (Å²) in [6, 6.07) is 82.6. The zero-order valence-electron chi connectivity index (χ0n) is 40.7. The maximum Gasteiger partial charge on any atom is 0.164 e. The van der Waals surface area contributed by atoms with Crippen LogP contribution < -0.4 is 0 Å². The molecule has 3 heterocycles. The van der Waals surface area contributed by atoms with Crippen LogP contribution in [0.5, 0.6) is 0 Å². The maximum absolute atomic E-state index is 6.39. The standard InChI is InChI=1S/C68H45N5O/c1-68(2)56-28-12-11-26-53(56)62-54(27-15-29-57(62)68)67-72-65(46-32-30-43(31-33-46)42-16-5-3-6-17-42)71-66(73-67)51-24-14-22-48(39-51)47-21-13-23-49(38-47)58-41-59(70-64(69-58)45-19-7-4-8-20-45)50-35-36-60-55(40-50)63-52-25-10-9-18-44(52)34-37-61(63)74-60/h3-41H,1-2H3. The van der Waals surface area contributed by atoms with Gasteiger partial charge in [0.25, 0.3) is 0 Å². The highest BCUT2D eigenvalue weighted by Gasteiger charge is 2.37. The molecule has 6 heteroatoms. The summed E-state index contributed by atoms with van der Waals surface area (Å²) in [6.45, 7) is 4.60. The van der Waals surface area contributed by atoms with Crippen molar-refractivity contribution >= 4 is 32.7 Å². The van der Waals surface area contributed by atoms with E-state index in [9.17, 15) is 0 Å². The summed E-state index contributed by atoms with van der Waals surface area (Å²) in [4.78, 5) is 26.3. The Labute approximate surface area is 428 Å². The van der Waals surface area contributed by atoms with E-state index >= 15 is 0 Å². The van der Waals surface area contributed by atoms with Crippen molar-refractivity contribution in [3.8, 4) is 101 Å². The van der Waals surface area contributed by atoms with Crippen LogP contribution >= 0.6 is 0 Å². The van der Waals surface area contributed by atoms with Crippen molar-refractivity contribution in [3.63, 3.8) is 0 Å². The van der Waals surface area contributed by atoms with Crippen LogP contribution in [0.4, 0.5) is 0 Å². The number of hydrogen-bond acceptors (Lipinski definition) is 6. The van der Waals surface area contributed by atoms with Crippen molar-refractivity contribution in [1.29, 1.82) is 0 Å². The van der Waals surface area contributed by atoms with Gasteiger partial charge in [-0.3, -0.25) is 0 Å². The molecule has 74 heavy (non-hydrogen) atoms. The van der Waals surface area contributed by atoms with Gasteiger partial charge in [-0.05, 0) is 97.7 Å². The zero-order chi connectivity index (χ0) is 49.3. The smallest absolute Gasteiger partial charge is 0.164 e. The zero-order valence-corrected chi connectivity index (χ0v) is 40.7. The van der Waals surface area contributed by atoms with Gasteiger partial charge in [-0.15, -0.1) is 0 Å². The first kappa shape index (κ1) is 43.2. The van der Waals surface area contributed by atoms with Crippen LogP contribution in [0.2, 0.25) is 0 Å². The molecule has 0 spiro atoms. The Hall–Kier alpha value is -9.65. The molecular formula is C68H45N5O. The highest BCUT2D eigenvalue weighted by molar-refractivity contribution is 6.19. The molecule has 1 aliphatic carbocycles.